The number of amides is 1. The van der Waals surface area contributed by atoms with E-state index in [4.69, 9.17) is 11.6 Å². The molecule has 0 saturated heterocycles. The van der Waals surface area contributed by atoms with Crippen molar-refractivity contribution in [1.82, 2.24) is 9.97 Å². The largest absolute Gasteiger partial charge is 0.339 e. The summed E-state index contributed by atoms with van der Waals surface area (Å²) in [5.74, 6) is 0.254. The molecule has 0 radical (unpaired) electrons. The average Bonchev–Trinajstić information content (AvgIpc) is 2.61. The molecule has 3 rings (SSSR count). The van der Waals surface area contributed by atoms with E-state index >= 15 is 0 Å². The highest BCUT2D eigenvalue weighted by molar-refractivity contribution is 6.30. The standard InChI is InChI=1S/C19H17ClN4O/c1-12-4-3-5-16(13(12)2)24-19(25)17-10-22-18(11-21-17)23-15-8-6-14(20)7-9-15/h3-11H,1-2H3,(H,22,23)(H,24,25). The number of carbonyl (C=O) groups is 1. The molecule has 0 aliphatic rings. The van der Waals surface area contributed by atoms with Gasteiger partial charge in [-0.2, -0.15) is 0 Å². The van der Waals surface area contributed by atoms with E-state index in [0.29, 0.717) is 10.8 Å². The van der Waals surface area contributed by atoms with Crippen molar-refractivity contribution in [2.75, 3.05) is 10.6 Å². The van der Waals surface area contributed by atoms with E-state index in [1.54, 1.807) is 12.1 Å². The Balaban J connectivity index is 1.70. The van der Waals surface area contributed by atoms with E-state index in [9.17, 15) is 4.79 Å². The van der Waals surface area contributed by atoms with Crippen molar-refractivity contribution in [1.29, 1.82) is 0 Å². The van der Waals surface area contributed by atoms with Crippen LogP contribution in [-0.4, -0.2) is 15.9 Å². The van der Waals surface area contributed by atoms with Crippen LogP contribution in [0.3, 0.4) is 0 Å². The average molecular weight is 353 g/mol. The molecule has 1 heterocycles. The Kier molecular flexibility index (Phi) is 4.95. The fourth-order valence-electron chi connectivity index (χ4n) is 2.26. The molecule has 25 heavy (non-hydrogen) atoms. The van der Waals surface area contributed by atoms with E-state index in [0.717, 1.165) is 22.5 Å². The summed E-state index contributed by atoms with van der Waals surface area (Å²) < 4.78 is 0. The molecule has 0 saturated carbocycles. The van der Waals surface area contributed by atoms with Gasteiger partial charge in [-0.3, -0.25) is 4.79 Å². The number of anilines is 3. The first-order valence-corrected chi connectivity index (χ1v) is 8.13. The predicted molar refractivity (Wildman–Crippen MR) is 101 cm³/mol. The minimum atomic E-state index is -0.292. The second-order valence-electron chi connectivity index (χ2n) is 5.62. The first kappa shape index (κ1) is 16.9. The van der Waals surface area contributed by atoms with Crippen LogP contribution in [0.5, 0.6) is 0 Å². The minimum Gasteiger partial charge on any atom is -0.339 e. The van der Waals surface area contributed by atoms with E-state index in [-0.39, 0.29) is 11.6 Å². The third kappa shape index (κ3) is 4.14. The highest BCUT2D eigenvalue weighted by atomic mass is 35.5. The number of hydrogen-bond acceptors (Lipinski definition) is 4. The van der Waals surface area contributed by atoms with E-state index < -0.39 is 0 Å². The minimum absolute atomic E-state index is 0.252. The lowest BCUT2D eigenvalue weighted by atomic mass is 10.1. The zero-order chi connectivity index (χ0) is 17.8. The van der Waals surface area contributed by atoms with Gasteiger partial charge in [0.2, 0.25) is 0 Å². The van der Waals surface area contributed by atoms with Crippen LogP contribution >= 0.6 is 11.6 Å². The number of halogens is 1. The molecule has 3 aromatic rings. The number of hydrogen-bond donors (Lipinski definition) is 2. The fraction of sp³-hybridized carbons (Fsp3) is 0.105. The smallest absolute Gasteiger partial charge is 0.275 e. The molecule has 0 aliphatic carbocycles. The van der Waals surface area contributed by atoms with Crippen LogP contribution in [0, 0.1) is 13.8 Å². The molecule has 2 aromatic carbocycles. The summed E-state index contributed by atoms with van der Waals surface area (Å²) in [7, 11) is 0. The van der Waals surface area contributed by atoms with Crippen LogP contribution in [0.4, 0.5) is 17.2 Å². The van der Waals surface area contributed by atoms with Crippen molar-refractivity contribution in [3.8, 4) is 0 Å². The van der Waals surface area contributed by atoms with Gasteiger partial charge in [0.05, 0.1) is 12.4 Å². The number of aromatic nitrogens is 2. The van der Waals surface area contributed by atoms with Crippen molar-refractivity contribution < 1.29 is 4.79 Å². The molecule has 0 aliphatic heterocycles. The quantitative estimate of drug-likeness (QED) is 0.711. The van der Waals surface area contributed by atoms with Crippen molar-refractivity contribution in [2.24, 2.45) is 0 Å². The van der Waals surface area contributed by atoms with Gasteiger partial charge < -0.3 is 10.6 Å². The summed E-state index contributed by atoms with van der Waals surface area (Å²) in [5.41, 5.74) is 4.01. The second kappa shape index (κ2) is 7.32. The zero-order valence-electron chi connectivity index (χ0n) is 13.9. The van der Waals surface area contributed by atoms with Crippen molar-refractivity contribution in [3.63, 3.8) is 0 Å². The van der Waals surface area contributed by atoms with Gasteiger partial charge in [-0.25, -0.2) is 9.97 Å². The summed E-state index contributed by atoms with van der Waals surface area (Å²) in [5, 5.41) is 6.63. The monoisotopic (exact) mass is 352 g/mol. The highest BCUT2D eigenvalue weighted by Crippen LogP contribution is 2.19. The Morgan fingerprint density at radius 1 is 1.00 bits per heavy atom. The Labute approximate surface area is 151 Å². The third-order valence-electron chi connectivity index (χ3n) is 3.85. The van der Waals surface area contributed by atoms with Crippen LogP contribution in [-0.2, 0) is 0 Å². The van der Waals surface area contributed by atoms with E-state index in [1.807, 2.05) is 44.2 Å². The summed E-state index contributed by atoms with van der Waals surface area (Å²) in [4.78, 5) is 20.7. The number of aryl methyl sites for hydroxylation is 1. The van der Waals surface area contributed by atoms with Gasteiger partial charge in [0.15, 0.2) is 0 Å². The van der Waals surface area contributed by atoms with Gasteiger partial charge in [0.1, 0.15) is 11.5 Å². The topological polar surface area (TPSA) is 66.9 Å². The van der Waals surface area contributed by atoms with E-state index in [2.05, 4.69) is 20.6 Å². The predicted octanol–water partition coefficient (Wildman–Crippen LogP) is 4.74. The van der Waals surface area contributed by atoms with Crippen LogP contribution < -0.4 is 10.6 Å². The Hall–Kier alpha value is -2.92. The number of benzene rings is 2. The third-order valence-corrected chi connectivity index (χ3v) is 4.11. The van der Waals surface area contributed by atoms with Crippen LogP contribution in [0.1, 0.15) is 21.6 Å². The van der Waals surface area contributed by atoms with Crippen molar-refractivity contribution >= 4 is 34.7 Å². The molecule has 0 spiro atoms. The summed E-state index contributed by atoms with van der Waals surface area (Å²) >= 11 is 5.86. The maximum absolute atomic E-state index is 12.3. The van der Waals surface area contributed by atoms with Gasteiger partial charge in [-0.15, -0.1) is 0 Å². The molecule has 126 valence electrons. The number of rotatable bonds is 4. The van der Waals surface area contributed by atoms with Gasteiger partial charge in [0, 0.05) is 16.4 Å². The van der Waals surface area contributed by atoms with Gasteiger partial charge in [0.25, 0.3) is 5.91 Å². The summed E-state index contributed by atoms with van der Waals surface area (Å²) in [6.07, 6.45) is 2.96. The maximum atomic E-state index is 12.3. The fourth-order valence-corrected chi connectivity index (χ4v) is 2.39. The zero-order valence-corrected chi connectivity index (χ0v) is 14.6. The lowest BCUT2D eigenvalue weighted by Crippen LogP contribution is -2.15. The van der Waals surface area contributed by atoms with Crippen LogP contribution in [0.15, 0.2) is 54.9 Å². The SMILES string of the molecule is Cc1cccc(NC(=O)c2cnc(Nc3ccc(Cl)cc3)cn2)c1C. The second-order valence-corrected chi connectivity index (χ2v) is 6.06. The Morgan fingerprint density at radius 3 is 2.44 bits per heavy atom. The molecule has 6 heteroatoms. The molecule has 0 bridgehead atoms. The first-order valence-electron chi connectivity index (χ1n) is 7.75. The lowest BCUT2D eigenvalue weighted by molar-refractivity contribution is 0.102. The Bertz CT molecular complexity index is 892. The number of carbonyl (C=O) groups excluding carboxylic acids is 1. The van der Waals surface area contributed by atoms with Gasteiger partial charge >= 0.3 is 0 Å². The molecule has 1 amide bonds. The van der Waals surface area contributed by atoms with Crippen molar-refractivity contribution in [2.45, 2.75) is 13.8 Å². The van der Waals surface area contributed by atoms with Crippen molar-refractivity contribution in [3.05, 3.63) is 76.7 Å². The molecule has 0 atom stereocenters. The summed E-state index contributed by atoms with van der Waals surface area (Å²) in [6, 6.07) is 13.0. The number of nitrogens with zero attached hydrogens (tertiary/aromatic N) is 2. The number of nitrogens with one attached hydrogen (secondary N) is 2. The van der Waals surface area contributed by atoms with Crippen LogP contribution in [0.25, 0.3) is 0 Å². The molecule has 1 aromatic heterocycles. The normalized spacial score (nSPS) is 10.4. The molecule has 0 unspecified atom stereocenters. The first-order chi connectivity index (χ1) is 12.0. The highest BCUT2D eigenvalue weighted by Gasteiger charge is 2.10. The van der Waals surface area contributed by atoms with E-state index in [1.165, 1.54) is 12.4 Å². The van der Waals surface area contributed by atoms with Gasteiger partial charge in [-0.1, -0.05) is 23.7 Å². The van der Waals surface area contributed by atoms with Crippen LogP contribution in [0.2, 0.25) is 5.02 Å². The molecule has 5 nitrogen and oxygen atoms in total. The molecule has 2 N–H and O–H groups in total. The molecular formula is C19H17ClN4O. The Morgan fingerprint density at radius 2 is 1.76 bits per heavy atom. The maximum Gasteiger partial charge on any atom is 0.275 e. The summed E-state index contributed by atoms with van der Waals surface area (Å²) in [6.45, 7) is 3.97. The van der Waals surface area contributed by atoms with Gasteiger partial charge in [-0.05, 0) is 55.3 Å². The molecule has 0 fully saturated rings. The lowest BCUT2D eigenvalue weighted by Gasteiger charge is -2.10. The molecular weight excluding hydrogens is 336 g/mol.